The molecule has 0 spiro atoms. The fourth-order valence-electron chi connectivity index (χ4n) is 7.16. The lowest BCUT2D eigenvalue weighted by atomic mass is 10.1. The molecule has 10 N–H and O–H groups in total. The van der Waals surface area contributed by atoms with Crippen LogP contribution in [0.15, 0.2) is 161 Å². The zero-order chi connectivity index (χ0) is 55.9. The van der Waals surface area contributed by atoms with Crippen molar-refractivity contribution >= 4 is 155 Å². The number of halogens is 2. The normalized spacial score (nSPS) is 12.4. The zero-order valence-electron chi connectivity index (χ0n) is 38.4. The van der Waals surface area contributed by atoms with E-state index in [-0.39, 0.29) is 68.1 Å². The number of anilines is 8. The molecule has 398 valence electrons. The number of azo groups is 2. The molecule has 0 aliphatic heterocycles. The first-order valence-corrected chi connectivity index (χ1v) is 27.8. The molecule has 9 aromatic rings. The van der Waals surface area contributed by atoms with Gasteiger partial charge < -0.3 is 31.5 Å². The molecular weight excluding hydrogens is 1150 g/mol. The number of hydrogen-bond donors (Lipinski definition) is 10. The summed E-state index contributed by atoms with van der Waals surface area (Å²) in [5.74, 6) is -2.47. The second kappa shape index (κ2) is 21.0. The molecule has 0 fully saturated rings. The van der Waals surface area contributed by atoms with E-state index in [1.165, 1.54) is 84.9 Å². The molecule has 2 heterocycles. The molecule has 78 heavy (non-hydrogen) atoms. The van der Waals surface area contributed by atoms with Crippen LogP contribution in [0.3, 0.4) is 0 Å². The quantitative estimate of drug-likeness (QED) is 0.0244. The average Bonchev–Trinajstić information content (AvgIpc) is 3.36. The number of aromatic hydroxyl groups is 2. The molecular formula is C44H30Cl2N14O14S4. The predicted octanol–water partition coefficient (Wildman–Crippen LogP) is 9.87. The number of phenols is 2. The topological polar surface area (TPSA) is 433 Å². The Bertz CT molecular complexity index is 4190. The maximum Gasteiger partial charge on any atom is 0.296 e. The van der Waals surface area contributed by atoms with Crippen molar-refractivity contribution in [2.24, 2.45) is 20.5 Å². The van der Waals surface area contributed by atoms with Crippen molar-refractivity contribution < 1.29 is 62.1 Å². The summed E-state index contributed by atoms with van der Waals surface area (Å²) in [6.45, 7) is 0. The Hall–Kier alpha value is -8.70. The largest absolute Gasteiger partial charge is 0.505 e. The highest BCUT2D eigenvalue weighted by Crippen LogP contribution is 2.43. The van der Waals surface area contributed by atoms with E-state index in [1.807, 2.05) is 0 Å². The second-order valence-corrected chi connectivity index (χ2v) is 22.2. The fourth-order valence-corrected chi connectivity index (χ4v) is 9.88. The number of hydrogen-bond acceptors (Lipinski definition) is 24. The van der Waals surface area contributed by atoms with E-state index in [0.717, 1.165) is 36.4 Å². The Morgan fingerprint density at radius 2 is 0.718 bits per heavy atom. The van der Waals surface area contributed by atoms with Crippen LogP contribution in [-0.2, 0) is 40.5 Å². The Balaban J connectivity index is 0.909. The van der Waals surface area contributed by atoms with Gasteiger partial charge in [0.25, 0.3) is 40.5 Å². The third kappa shape index (κ3) is 12.6. The molecule has 0 bridgehead atoms. The monoisotopic (exact) mass is 1180 g/mol. The highest BCUT2D eigenvalue weighted by Gasteiger charge is 2.26. The molecule has 28 nitrogen and oxygen atoms in total. The van der Waals surface area contributed by atoms with Crippen molar-refractivity contribution in [2.45, 2.75) is 19.6 Å². The lowest BCUT2D eigenvalue weighted by molar-refractivity contribution is 0.473. The standard InChI is InChI=1S/C44H30Cl2N14O14S4/c45-39-51-41(55-43(53-39)49-35-33(77(69,70)71)17-21-15-27(11-13-31(21)37(35)61)59-57-25-3-1-5-29(19-25)75(63,64)65)47-23-7-9-24(10-8-23)48-42-52-40(46)54-44(56-42)50-36-34(78(72,73)74)18-22-16-28(12-14-32(22)38(36)62)60-58-26-4-2-6-30(20-26)76(66,67)68/h1-20,61-62H,(H,63,64,65)(H,66,67,68)(H,69,70,71)(H,72,73,74)(H2,47,49,51,53,55)(H2,48,50,52,54,56). The van der Waals surface area contributed by atoms with E-state index in [1.54, 1.807) is 0 Å². The van der Waals surface area contributed by atoms with E-state index in [0.29, 0.717) is 11.4 Å². The molecule has 9 rings (SSSR count). The van der Waals surface area contributed by atoms with Crippen LogP contribution >= 0.6 is 23.2 Å². The van der Waals surface area contributed by atoms with E-state index in [4.69, 9.17) is 23.2 Å². The third-order valence-corrected chi connectivity index (χ3v) is 14.3. The highest BCUT2D eigenvalue weighted by molar-refractivity contribution is 7.86. The predicted molar refractivity (Wildman–Crippen MR) is 281 cm³/mol. The molecule has 34 heteroatoms. The smallest absolute Gasteiger partial charge is 0.296 e. The molecule has 0 aliphatic carbocycles. The van der Waals surface area contributed by atoms with Crippen molar-refractivity contribution in [3.8, 4) is 11.5 Å². The van der Waals surface area contributed by atoms with Crippen molar-refractivity contribution in [1.29, 1.82) is 0 Å². The molecule has 0 saturated heterocycles. The van der Waals surface area contributed by atoms with Crippen molar-refractivity contribution in [2.75, 3.05) is 21.3 Å². The van der Waals surface area contributed by atoms with Gasteiger partial charge in [0, 0.05) is 22.1 Å². The number of nitrogens with one attached hydrogen (secondary N) is 4. The van der Waals surface area contributed by atoms with Gasteiger partial charge in [0.1, 0.15) is 32.7 Å². The van der Waals surface area contributed by atoms with Crippen LogP contribution < -0.4 is 21.3 Å². The summed E-state index contributed by atoms with van der Waals surface area (Å²) in [5, 5.41) is 49.0. The maximum absolute atomic E-state index is 12.7. The van der Waals surface area contributed by atoms with Gasteiger partial charge in [0.05, 0.1) is 32.5 Å². The van der Waals surface area contributed by atoms with Crippen LogP contribution in [0.25, 0.3) is 21.5 Å². The summed E-state index contributed by atoms with van der Waals surface area (Å²) in [6, 6.07) is 26.3. The van der Waals surface area contributed by atoms with Crippen molar-refractivity contribution in [3.63, 3.8) is 0 Å². The molecule has 0 radical (unpaired) electrons. The van der Waals surface area contributed by atoms with Crippen molar-refractivity contribution in [3.05, 3.63) is 132 Å². The highest BCUT2D eigenvalue weighted by atomic mass is 35.5. The second-order valence-electron chi connectivity index (χ2n) is 15.9. The summed E-state index contributed by atoms with van der Waals surface area (Å²) >= 11 is 12.4. The van der Waals surface area contributed by atoms with Gasteiger partial charge in [0.15, 0.2) is 0 Å². The fraction of sp³-hybridized carbons (Fsp3) is 0. The number of nitrogens with zero attached hydrogens (tertiary/aromatic N) is 10. The van der Waals surface area contributed by atoms with Gasteiger partial charge in [-0.1, -0.05) is 12.1 Å². The van der Waals surface area contributed by atoms with Gasteiger partial charge >= 0.3 is 0 Å². The van der Waals surface area contributed by atoms with Gasteiger partial charge in [-0.2, -0.15) is 84.0 Å². The van der Waals surface area contributed by atoms with Crippen LogP contribution in [-0.4, -0.2) is 92.0 Å². The molecule has 7 aromatic carbocycles. The number of rotatable bonds is 16. The number of aromatic nitrogens is 6. The van der Waals surface area contributed by atoms with Gasteiger partial charge in [0.2, 0.25) is 34.4 Å². The number of fused-ring (bicyclic) bond motifs is 2. The lowest BCUT2D eigenvalue weighted by Gasteiger charge is -2.15. The summed E-state index contributed by atoms with van der Waals surface area (Å²) in [5.41, 5.74) is -0.0355. The maximum atomic E-state index is 12.7. The SMILES string of the molecule is O=S(=O)(O)c1cccc(N=Nc2ccc3c(O)c(Nc4nc(Cl)nc(Nc5ccc(Nc6nc(Cl)nc(Nc7c(S(=O)(=O)O)cc8cc(N=Nc9cccc(S(=O)(=O)O)c9)ccc8c7O)n6)cc5)n4)c(S(=O)(=O)O)cc3c2)c1. The van der Waals surface area contributed by atoms with Crippen LogP contribution in [0.4, 0.5) is 69.3 Å². The van der Waals surface area contributed by atoms with E-state index < -0.39 is 93.5 Å². The lowest BCUT2D eigenvalue weighted by Crippen LogP contribution is -2.08. The van der Waals surface area contributed by atoms with Crippen LogP contribution in [0.1, 0.15) is 0 Å². The van der Waals surface area contributed by atoms with Crippen LogP contribution in [0.2, 0.25) is 10.6 Å². The molecule has 0 saturated carbocycles. The Kier molecular flexibility index (Phi) is 14.6. The first kappa shape index (κ1) is 54.1. The Labute approximate surface area is 448 Å². The molecule has 0 amide bonds. The first-order valence-electron chi connectivity index (χ1n) is 21.3. The minimum Gasteiger partial charge on any atom is -0.505 e. The van der Waals surface area contributed by atoms with Crippen molar-refractivity contribution in [1.82, 2.24) is 29.9 Å². The third-order valence-electron chi connectivity index (χ3n) is 10.6. The summed E-state index contributed by atoms with van der Waals surface area (Å²) in [4.78, 5) is 22.0. The van der Waals surface area contributed by atoms with E-state index in [9.17, 15) is 62.1 Å². The summed E-state index contributed by atoms with van der Waals surface area (Å²) < 4.78 is 136. The molecule has 0 unspecified atom stereocenters. The minimum atomic E-state index is -5.07. The zero-order valence-corrected chi connectivity index (χ0v) is 43.1. The minimum absolute atomic E-state index is 0.0555. The van der Waals surface area contributed by atoms with E-state index >= 15 is 0 Å². The van der Waals surface area contributed by atoms with Gasteiger partial charge in [-0.25, -0.2) is 0 Å². The summed E-state index contributed by atoms with van der Waals surface area (Å²) in [6.07, 6.45) is 0. The first-order chi connectivity index (χ1) is 36.7. The van der Waals surface area contributed by atoms with Gasteiger partial charge in [-0.05, 0) is 143 Å². The van der Waals surface area contributed by atoms with E-state index in [2.05, 4.69) is 71.6 Å². The number of phenolic OH excluding ortho intramolecular Hbond substituents is 2. The van der Waals surface area contributed by atoms with Gasteiger partial charge in [-0.3, -0.25) is 18.2 Å². The Morgan fingerprint density at radius 1 is 0.385 bits per heavy atom. The van der Waals surface area contributed by atoms with Crippen LogP contribution in [0, 0.1) is 0 Å². The Morgan fingerprint density at radius 3 is 1.05 bits per heavy atom. The number of benzene rings is 7. The van der Waals surface area contributed by atoms with Gasteiger partial charge in [-0.15, -0.1) is 0 Å². The molecule has 0 aliphatic rings. The average molecular weight is 1180 g/mol. The molecule has 0 atom stereocenters. The summed E-state index contributed by atoms with van der Waals surface area (Å²) in [7, 11) is -19.2. The molecule has 2 aromatic heterocycles. The van der Waals surface area contributed by atoms with Crippen LogP contribution in [0.5, 0.6) is 11.5 Å².